The van der Waals surface area contributed by atoms with Gasteiger partial charge >= 0.3 is 0 Å². The highest BCUT2D eigenvalue weighted by Gasteiger charge is 2.43. The summed E-state index contributed by atoms with van der Waals surface area (Å²) in [7, 11) is 0. The fraction of sp³-hybridized carbons (Fsp3) is 0.462. The molecule has 5 atom stereocenters. The van der Waals surface area contributed by atoms with Crippen molar-refractivity contribution in [1.82, 2.24) is 0 Å². The van der Waals surface area contributed by atoms with Crippen LogP contribution in [0.15, 0.2) is 29.3 Å². The number of aromatic hydroxyl groups is 1. The highest BCUT2D eigenvalue weighted by Crippen LogP contribution is 2.22. The Morgan fingerprint density at radius 2 is 1.85 bits per heavy atom. The summed E-state index contributed by atoms with van der Waals surface area (Å²) in [6.07, 6.45) is -3.96. The molecule has 0 aromatic heterocycles. The van der Waals surface area contributed by atoms with Crippen molar-refractivity contribution in [2.45, 2.75) is 30.6 Å². The van der Waals surface area contributed by atoms with Crippen molar-refractivity contribution in [3.05, 3.63) is 29.8 Å². The second-order valence-corrected chi connectivity index (χ2v) is 4.56. The number of para-hydroxylation sites is 1. The second kappa shape index (κ2) is 6.29. The van der Waals surface area contributed by atoms with Crippen LogP contribution < -0.4 is 0 Å². The molecule has 0 saturated carbocycles. The molecule has 1 aliphatic heterocycles. The van der Waals surface area contributed by atoms with E-state index >= 15 is 0 Å². The van der Waals surface area contributed by atoms with Crippen molar-refractivity contribution in [3.8, 4) is 5.75 Å². The van der Waals surface area contributed by atoms with Gasteiger partial charge < -0.3 is 30.3 Å². The summed E-state index contributed by atoms with van der Waals surface area (Å²) < 4.78 is 4.97. The SMILES string of the molecule is OC[C@@H]1O[C@H](O)[C@@H](N=Cc2ccccc2O)[C@H](O)[C@@H]1O. The lowest BCUT2D eigenvalue weighted by atomic mass is 9.97. The van der Waals surface area contributed by atoms with Gasteiger partial charge in [-0.05, 0) is 12.1 Å². The molecule has 0 spiro atoms. The average molecular weight is 283 g/mol. The smallest absolute Gasteiger partial charge is 0.180 e. The minimum Gasteiger partial charge on any atom is -0.507 e. The number of ether oxygens (including phenoxy) is 1. The molecule has 1 aromatic carbocycles. The molecule has 1 saturated heterocycles. The van der Waals surface area contributed by atoms with Crippen LogP contribution in [0.2, 0.25) is 0 Å². The van der Waals surface area contributed by atoms with Gasteiger partial charge in [-0.25, -0.2) is 0 Å². The first-order valence-electron chi connectivity index (χ1n) is 6.16. The minimum absolute atomic E-state index is 0.00532. The third-order valence-electron chi connectivity index (χ3n) is 3.19. The zero-order valence-corrected chi connectivity index (χ0v) is 10.6. The van der Waals surface area contributed by atoms with Crippen LogP contribution in [0.25, 0.3) is 0 Å². The Hall–Kier alpha value is -1.51. The zero-order chi connectivity index (χ0) is 14.7. The normalized spacial score (nSPS) is 34.5. The Morgan fingerprint density at radius 1 is 1.15 bits per heavy atom. The molecule has 1 fully saturated rings. The summed E-state index contributed by atoms with van der Waals surface area (Å²) in [5.41, 5.74) is 0.408. The Bertz CT molecular complexity index is 480. The molecule has 0 aliphatic carbocycles. The molecule has 1 aromatic rings. The first-order valence-corrected chi connectivity index (χ1v) is 6.16. The Labute approximate surface area is 115 Å². The molecule has 5 N–H and O–H groups in total. The van der Waals surface area contributed by atoms with E-state index in [9.17, 15) is 20.4 Å². The molecule has 110 valence electrons. The molecular weight excluding hydrogens is 266 g/mol. The van der Waals surface area contributed by atoms with Gasteiger partial charge in [0.05, 0.1) is 6.61 Å². The highest BCUT2D eigenvalue weighted by atomic mass is 16.6. The molecule has 0 radical (unpaired) electrons. The van der Waals surface area contributed by atoms with Gasteiger partial charge in [-0.15, -0.1) is 0 Å². The maximum absolute atomic E-state index is 9.88. The van der Waals surface area contributed by atoms with Crippen molar-refractivity contribution in [3.63, 3.8) is 0 Å². The number of hydrogen-bond acceptors (Lipinski definition) is 7. The van der Waals surface area contributed by atoms with Crippen LogP contribution in [-0.4, -0.2) is 69.0 Å². The van der Waals surface area contributed by atoms with E-state index in [-0.39, 0.29) is 5.75 Å². The van der Waals surface area contributed by atoms with Gasteiger partial charge in [0, 0.05) is 11.8 Å². The maximum Gasteiger partial charge on any atom is 0.180 e. The largest absolute Gasteiger partial charge is 0.507 e. The van der Waals surface area contributed by atoms with Crippen LogP contribution in [0, 0.1) is 0 Å². The van der Waals surface area contributed by atoms with E-state index < -0.39 is 37.3 Å². The quantitative estimate of drug-likeness (QED) is 0.435. The van der Waals surface area contributed by atoms with Crippen molar-refractivity contribution in [2.24, 2.45) is 4.99 Å². The predicted molar refractivity (Wildman–Crippen MR) is 69.5 cm³/mol. The van der Waals surface area contributed by atoms with Gasteiger partial charge in [0.1, 0.15) is 30.1 Å². The monoisotopic (exact) mass is 283 g/mol. The van der Waals surface area contributed by atoms with E-state index in [0.29, 0.717) is 5.56 Å². The number of rotatable bonds is 3. The van der Waals surface area contributed by atoms with Crippen LogP contribution in [0.1, 0.15) is 5.56 Å². The summed E-state index contributed by atoms with van der Waals surface area (Å²) in [6.45, 7) is -0.523. The Balaban J connectivity index is 2.14. The van der Waals surface area contributed by atoms with Crippen LogP contribution in [0.5, 0.6) is 5.75 Å². The van der Waals surface area contributed by atoms with Crippen molar-refractivity contribution < 1.29 is 30.3 Å². The van der Waals surface area contributed by atoms with Crippen LogP contribution >= 0.6 is 0 Å². The van der Waals surface area contributed by atoms with Gasteiger partial charge in [-0.1, -0.05) is 12.1 Å². The molecule has 7 heteroatoms. The first kappa shape index (κ1) is 14.9. The number of benzene rings is 1. The molecule has 1 heterocycles. The first-order chi connectivity index (χ1) is 9.54. The van der Waals surface area contributed by atoms with Gasteiger partial charge in [0.15, 0.2) is 6.29 Å². The van der Waals surface area contributed by atoms with Gasteiger partial charge in [-0.2, -0.15) is 0 Å². The number of aliphatic hydroxyl groups is 4. The fourth-order valence-corrected chi connectivity index (χ4v) is 2.01. The average Bonchev–Trinajstić information content (AvgIpc) is 2.44. The molecule has 7 nitrogen and oxygen atoms in total. The van der Waals surface area contributed by atoms with Crippen molar-refractivity contribution >= 4 is 6.21 Å². The maximum atomic E-state index is 9.88. The molecule has 1 aliphatic rings. The topological polar surface area (TPSA) is 123 Å². The van der Waals surface area contributed by atoms with Gasteiger partial charge in [-0.3, -0.25) is 4.99 Å². The third-order valence-corrected chi connectivity index (χ3v) is 3.19. The Kier molecular flexibility index (Phi) is 4.69. The lowest BCUT2D eigenvalue weighted by Crippen LogP contribution is -2.57. The van der Waals surface area contributed by atoms with E-state index in [1.54, 1.807) is 18.2 Å². The number of nitrogens with zero attached hydrogens (tertiary/aromatic N) is 1. The van der Waals surface area contributed by atoms with E-state index in [4.69, 9.17) is 9.84 Å². The molecule has 0 amide bonds. The number of phenolic OH excluding ortho intramolecular Hbond substituents is 1. The van der Waals surface area contributed by atoms with E-state index in [1.165, 1.54) is 12.3 Å². The summed E-state index contributed by atoms with van der Waals surface area (Å²) in [4.78, 5) is 3.94. The fourth-order valence-electron chi connectivity index (χ4n) is 2.01. The third kappa shape index (κ3) is 2.97. The van der Waals surface area contributed by atoms with Gasteiger partial charge in [0.25, 0.3) is 0 Å². The van der Waals surface area contributed by atoms with Crippen LogP contribution in [0.3, 0.4) is 0 Å². The van der Waals surface area contributed by atoms with E-state index in [1.807, 2.05) is 0 Å². The van der Waals surface area contributed by atoms with E-state index in [0.717, 1.165) is 0 Å². The molecule has 20 heavy (non-hydrogen) atoms. The van der Waals surface area contributed by atoms with Gasteiger partial charge in [0.2, 0.25) is 0 Å². The highest BCUT2D eigenvalue weighted by molar-refractivity contribution is 5.83. The number of aliphatic imine (C=N–C) groups is 1. The zero-order valence-electron chi connectivity index (χ0n) is 10.6. The molecule has 0 unspecified atom stereocenters. The summed E-state index contributed by atoms with van der Waals surface area (Å²) in [5, 5.41) is 47.8. The van der Waals surface area contributed by atoms with Crippen LogP contribution in [0.4, 0.5) is 0 Å². The van der Waals surface area contributed by atoms with Crippen molar-refractivity contribution in [1.29, 1.82) is 0 Å². The van der Waals surface area contributed by atoms with E-state index in [2.05, 4.69) is 4.99 Å². The number of hydrogen-bond donors (Lipinski definition) is 5. The molecule has 0 bridgehead atoms. The predicted octanol–water partition coefficient (Wildman–Crippen LogP) is -1.39. The molecule has 2 rings (SSSR count). The molecular formula is C13H17NO6. The Morgan fingerprint density at radius 3 is 2.50 bits per heavy atom. The van der Waals surface area contributed by atoms with Crippen LogP contribution in [-0.2, 0) is 4.74 Å². The summed E-state index contributed by atoms with van der Waals surface area (Å²) in [5.74, 6) is 0.00532. The lowest BCUT2D eigenvalue weighted by molar-refractivity contribution is -0.248. The second-order valence-electron chi connectivity index (χ2n) is 4.56. The number of aliphatic hydroxyl groups excluding tert-OH is 4. The van der Waals surface area contributed by atoms with Crippen molar-refractivity contribution in [2.75, 3.05) is 6.61 Å². The lowest BCUT2D eigenvalue weighted by Gasteiger charge is -2.38. The standard InChI is InChI=1S/C13H17NO6/c15-6-9-11(17)12(18)10(13(19)20-9)14-5-7-3-1-2-4-8(7)16/h1-5,9-13,15-19H,6H2/t9-,10-,11+,12-,13-/m0/s1. The minimum atomic E-state index is -1.45. The summed E-state index contributed by atoms with van der Waals surface area (Å²) >= 11 is 0. The number of phenols is 1. The summed E-state index contributed by atoms with van der Waals surface area (Å²) in [6, 6.07) is 5.32.